The summed E-state index contributed by atoms with van der Waals surface area (Å²) in [5.41, 5.74) is 2.38. The number of hydrogen-bond donors (Lipinski definition) is 0. The third-order valence-corrected chi connectivity index (χ3v) is 3.79. The van der Waals surface area contributed by atoms with E-state index < -0.39 is 0 Å². The fourth-order valence-corrected chi connectivity index (χ4v) is 2.49. The van der Waals surface area contributed by atoms with Gasteiger partial charge in [-0.1, -0.05) is 37.3 Å². The van der Waals surface area contributed by atoms with Crippen LogP contribution in [0.3, 0.4) is 0 Å². The average molecular weight is 294 g/mol. The highest BCUT2D eigenvalue weighted by Crippen LogP contribution is 2.23. The predicted octanol–water partition coefficient (Wildman–Crippen LogP) is 4.28. The van der Waals surface area contributed by atoms with E-state index in [4.69, 9.17) is 9.15 Å². The second-order valence-electron chi connectivity index (χ2n) is 5.53. The van der Waals surface area contributed by atoms with Crippen LogP contribution < -0.4 is 10.4 Å². The first-order chi connectivity index (χ1) is 10.6. The smallest absolute Gasteiger partial charge is 0.336 e. The van der Waals surface area contributed by atoms with Crippen LogP contribution in [0.2, 0.25) is 0 Å². The van der Waals surface area contributed by atoms with E-state index in [1.165, 1.54) is 11.6 Å². The third kappa shape index (κ3) is 3.03. The number of benzene rings is 2. The van der Waals surface area contributed by atoms with Crippen LogP contribution >= 0.6 is 0 Å². The molecule has 0 aliphatic heterocycles. The first-order valence-corrected chi connectivity index (χ1v) is 7.36. The van der Waals surface area contributed by atoms with E-state index in [-0.39, 0.29) is 5.63 Å². The fourth-order valence-electron chi connectivity index (χ4n) is 2.49. The minimum Gasteiger partial charge on any atom is -0.493 e. The molecule has 22 heavy (non-hydrogen) atoms. The highest BCUT2D eigenvalue weighted by atomic mass is 16.5. The Morgan fingerprint density at radius 3 is 2.64 bits per heavy atom. The van der Waals surface area contributed by atoms with Gasteiger partial charge in [0.2, 0.25) is 0 Å². The molecule has 112 valence electrons. The van der Waals surface area contributed by atoms with Crippen molar-refractivity contribution in [1.29, 1.82) is 0 Å². The van der Waals surface area contributed by atoms with Crippen LogP contribution in [0.5, 0.6) is 5.75 Å². The monoisotopic (exact) mass is 294 g/mol. The van der Waals surface area contributed by atoms with Gasteiger partial charge in [0.25, 0.3) is 0 Å². The topological polar surface area (TPSA) is 39.4 Å². The molecular weight excluding hydrogens is 276 g/mol. The standard InChI is InChI=1S/C19H18O3/c1-13-10-19(20)22-18-11-16(8-9-17(13)18)21-12-14(2)15-6-4-3-5-7-15/h3-11,14H,12H2,1-2H3. The summed E-state index contributed by atoms with van der Waals surface area (Å²) in [7, 11) is 0. The lowest BCUT2D eigenvalue weighted by molar-refractivity contribution is 0.295. The molecule has 0 aliphatic rings. The molecule has 1 unspecified atom stereocenters. The largest absolute Gasteiger partial charge is 0.493 e. The van der Waals surface area contributed by atoms with Gasteiger partial charge >= 0.3 is 5.63 Å². The predicted molar refractivity (Wildman–Crippen MR) is 87.6 cm³/mol. The lowest BCUT2D eigenvalue weighted by atomic mass is 10.0. The first kappa shape index (κ1) is 14.4. The number of hydrogen-bond acceptors (Lipinski definition) is 3. The van der Waals surface area contributed by atoms with Gasteiger partial charge < -0.3 is 9.15 Å². The second-order valence-corrected chi connectivity index (χ2v) is 5.53. The Labute approximate surface area is 129 Å². The molecule has 3 nitrogen and oxygen atoms in total. The molecule has 0 amide bonds. The normalized spacial score (nSPS) is 12.3. The second kappa shape index (κ2) is 6.06. The zero-order chi connectivity index (χ0) is 15.5. The van der Waals surface area contributed by atoms with Crippen molar-refractivity contribution in [2.24, 2.45) is 0 Å². The molecule has 0 aliphatic carbocycles. The van der Waals surface area contributed by atoms with Gasteiger partial charge in [-0.3, -0.25) is 0 Å². The molecule has 0 spiro atoms. The van der Waals surface area contributed by atoms with Crippen molar-refractivity contribution >= 4 is 11.0 Å². The molecule has 3 heteroatoms. The number of fused-ring (bicyclic) bond motifs is 1. The summed E-state index contributed by atoms with van der Waals surface area (Å²) in [5, 5.41) is 0.933. The Bertz CT molecular complexity index is 834. The summed E-state index contributed by atoms with van der Waals surface area (Å²) in [6, 6.07) is 17.4. The summed E-state index contributed by atoms with van der Waals surface area (Å²) < 4.78 is 11.1. The summed E-state index contributed by atoms with van der Waals surface area (Å²) >= 11 is 0. The third-order valence-electron chi connectivity index (χ3n) is 3.79. The van der Waals surface area contributed by atoms with Gasteiger partial charge in [-0.2, -0.15) is 0 Å². The van der Waals surface area contributed by atoms with E-state index in [0.29, 0.717) is 23.9 Å². The summed E-state index contributed by atoms with van der Waals surface area (Å²) in [4.78, 5) is 11.5. The van der Waals surface area contributed by atoms with Crippen molar-refractivity contribution in [3.63, 3.8) is 0 Å². The van der Waals surface area contributed by atoms with Gasteiger partial charge in [-0.25, -0.2) is 4.79 Å². The highest BCUT2D eigenvalue weighted by molar-refractivity contribution is 5.81. The Balaban J connectivity index is 1.78. The summed E-state index contributed by atoms with van der Waals surface area (Å²) in [6.07, 6.45) is 0. The van der Waals surface area contributed by atoms with Crippen molar-refractivity contribution in [1.82, 2.24) is 0 Å². The van der Waals surface area contributed by atoms with E-state index in [2.05, 4.69) is 19.1 Å². The van der Waals surface area contributed by atoms with Crippen LogP contribution in [-0.2, 0) is 0 Å². The quantitative estimate of drug-likeness (QED) is 0.674. The Hall–Kier alpha value is -2.55. The molecule has 1 atom stereocenters. The molecule has 0 saturated heterocycles. The Morgan fingerprint density at radius 1 is 1.09 bits per heavy atom. The SMILES string of the molecule is Cc1cc(=O)oc2cc(OCC(C)c3ccccc3)ccc12. The summed E-state index contributed by atoms with van der Waals surface area (Å²) in [5.74, 6) is 1.01. The maximum atomic E-state index is 11.5. The molecule has 3 aromatic rings. The van der Waals surface area contributed by atoms with Crippen molar-refractivity contribution in [3.05, 3.63) is 76.1 Å². The zero-order valence-corrected chi connectivity index (χ0v) is 12.7. The summed E-state index contributed by atoms with van der Waals surface area (Å²) in [6.45, 7) is 4.60. The zero-order valence-electron chi connectivity index (χ0n) is 12.7. The molecule has 0 bridgehead atoms. The Kier molecular flexibility index (Phi) is 3.96. The van der Waals surface area contributed by atoms with Crippen molar-refractivity contribution in [2.75, 3.05) is 6.61 Å². The lowest BCUT2D eigenvalue weighted by Crippen LogP contribution is -2.07. The van der Waals surface area contributed by atoms with Crippen LogP contribution in [0.1, 0.15) is 24.0 Å². The molecule has 0 fully saturated rings. The van der Waals surface area contributed by atoms with Crippen LogP contribution in [0, 0.1) is 6.92 Å². The van der Waals surface area contributed by atoms with Gasteiger partial charge in [0.05, 0.1) is 6.61 Å². The number of rotatable bonds is 4. The highest BCUT2D eigenvalue weighted by Gasteiger charge is 2.08. The molecular formula is C19H18O3. The fraction of sp³-hybridized carbons (Fsp3) is 0.211. The molecule has 0 radical (unpaired) electrons. The van der Waals surface area contributed by atoms with Gasteiger partial charge in [0.15, 0.2) is 0 Å². The van der Waals surface area contributed by atoms with E-state index >= 15 is 0 Å². The van der Waals surface area contributed by atoms with E-state index in [9.17, 15) is 4.79 Å². The number of aryl methyl sites for hydroxylation is 1. The van der Waals surface area contributed by atoms with Gasteiger partial charge in [-0.15, -0.1) is 0 Å². The molecule has 0 saturated carbocycles. The first-order valence-electron chi connectivity index (χ1n) is 7.36. The van der Waals surface area contributed by atoms with Gasteiger partial charge in [-0.05, 0) is 30.2 Å². The minimum atomic E-state index is -0.334. The van der Waals surface area contributed by atoms with E-state index in [0.717, 1.165) is 10.9 Å². The molecule has 3 rings (SSSR count). The van der Waals surface area contributed by atoms with Crippen LogP contribution in [-0.4, -0.2) is 6.61 Å². The lowest BCUT2D eigenvalue weighted by Gasteiger charge is -2.13. The minimum absolute atomic E-state index is 0.293. The van der Waals surface area contributed by atoms with Crippen molar-refractivity contribution in [3.8, 4) is 5.75 Å². The van der Waals surface area contributed by atoms with Crippen molar-refractivity contribution in [2.45, 2.75) is 19.8 Å². The van der Waals surface area contributed by atoms with Crippen molar-refractivity contribution < 1.29 is 9.15 Å². The number of ether oxygens (including phenoxy) is 1. The molecule has 0 N–H and O–H groups in total. The molecule has 1 aromatic heterocycles. The molecule has 1 heterocycles. The van der Waals surface area contributed by atoms with Crippen LogP contribution in [0.4, 0.5) is 0 Å². The van der Waals surface area contributed by atoms with Gasteiger partial charge in [0, 0.05) is 23.4 Å². The maximum absolute atomic E-state index is 11.5. The maximum Gasteiger partial charge on any atom is 0.336 e. The van der Waals surface area contributed by atoms with Crippen LogP contribution in [0.25, 0.3) is 11.0 Å². The van der Waals surface area contributed by atoms with Crippen LogP contribution in [0.15, 0.2) is 63.8 Å². The van der Waals surface area contributed by atoms with E-state index in [1.807, 2.05) is 37.3 Å². The average Bonchev–Trinajstić information content (AvgIpc) is 2.53. The van der Waals surface area contributed by atoms with Gasteiger partial charge in [0.1, 0.15) is 11.3 Å². The van der Waals surface area contributed by atoms with E-state index in [1.54, 1.807) is 6.07 Å². The molecule has 2 aromatic carbocycles. The Morgan fingerprint density at radius 2 is 1.86 bits per heavy atom.